The van der Waals surface area contributed by atoms with Crippen LogP contribution in [0.1, 0.15) is 63.1 Å². The fourth-order valence-corrected chi connectivity index (χ4v) is 4.67. The summed E-state index contributed by atoms with van der Waals surface area (Å²) in [7, 11) is -1.52. The first-order chi connectivity index (χ1) is 21.0. The summed E-state index contributed by atoms with van der Waals surface area (Å²) in [5.74, 6) is -2.79. The molecule has 234 valence electrons. The molecular formula is C34H42BNO8. The van der Waals surface area contributed by atoms with Gasteiger partial charge in [-0.3, -0.25) is 14.4 Å². The Balaban J connectivity index is 1.42. The number of esters is 3. The molecule has 10 heteroatoms. The molecular weight excluding hydrogens is 561 g/mol. The lowest BCUT2D eigenvalue weighted by Gasteiger charge is -2.29. The summed E-state index contributed by atoms with van der Waals surface area (Å²) < 4.78 is 15.8. The molecule has 3 N–H and O–H groups in total. The van der Waals surface area contributed by atoms with E-state index in [1.165, 1.54) is 6.92 Å². The molecule has 0 radical (unpaired) electrons. The van der Waals surface area contributed by atoms with Crippen LogP contribution in [0, 0.1) is 11.3 Å². The van der Waals surface area contributed by atoms with Gasteiger partial charge < -0.3 is 29.6 Å². The van der Waals surface area contributed by atoms with Crippen molar-refractivity contribution in [1.82, 2.24) is 0 Å². The molecule has 3 aromatic rings. The van der Waals surface area contributed by atoms with Crippen LogP contribution in [-0.4, -0.2) is 48.3 Å². The Morgan fingerprint density at radius 1 is 0.841 bits per heavy atom. The van der Waals surface area contributed by atoms with Crippen LogP contribution in [0.5, 0.6) is 0 Å². The number of ether oxygens (including phenoxy) is 3. The van der Waals surface area contributed by atoms with E-state index in [-0.39, 0.29) is 31.7 Å². The number of rotatable bonds is 16. The van der Waals surface area contributed by atoms with Gasteiger partial charge >= 0.3 is 25.0 Å². The topological polar surface area (TPSA) is 131 Å². The zero-order valence-corrected chi connectivity index (χ0v) is 25.8. The zero-order valence-electron chi connectivity index (χ0n) is 25.8. The van der Waals surface area contributed by atoms with E-state index in [1.807, 2.05) is 74.5 Å². The average Bonchev–Trinajstić information content (AvgIpc) is 3.04. The summed E-state index contributed by atoms with van der Waals surface area (Å²) in [5.41, 5.74) is 3.44. The Bertz CT molecular complexity index is 1370. The molecule has 3 unspecified atom stereocenters. The molecule has 3 atom stereocenters. The van der Waals surface area contributed by atoms with Gasteiger partial charge in [0.2, 0.25) is 0 Å². The van der Waals surface area contributed by atoms with Crippen LogP contribution in [0.3, 0.4) is 0 Å². The van der Waals surface area contributed by atoms with Gasteiger partial charge in [0, 0.05) is 12.2 Å². The Morgan fingerprint density at radius 2 is 1.50 bits per heavy atom. The second-order valence-electron chi connectivity index (χ2n) is 11.2. The van der Waals surface area contributed by atoms with Crippen molar-refractivity contribution in [3.05, 3.63) is 95.6 Å². The SMILES string of the molecule is CCC(C)(CC(C)c1ccc(CNc2cccc(B(O)O)c2)cc1)C(=O)OCCOC(=O)C(C)C(=O)OCc1ccccc1. The van der Waals surface area contributed by atoms with Gasteiger partial charge in [0.1, 0.15) is 19.8 Å². The molecule has 0 amide bonds. The van der Waals surface area contributed by atoms with Crippen LogP contribution < -0.4 is 10.8 Å². The fraction of sp³-hybridized carbons (Fsp3) is 0.382. The van der Waals surface area contributed by atoms with Gasteiger partial charge in [-0.15, -0.1) is 0 Å². The van der Waals surface area contributed by atoms with Crippen LogP contribution in [0.25, 0.3) is 0 Å². The number of anilines is 1. The Morgan fingerprint density at radius 3 is 2.16 bits per heavy atom. The van der Waals surface area contributed by atoms with E-state index in [2.05, 4.69) is 12.2 Å². The Labute approximate surface area is 259 Å². The van der Waals surface area contributed by atoms with Gasteiger partial charge in [-0.2, -0.15) is 0 Å². The predicted molar refractivity (Wildman–Crippen MR) is 169 cm³/mol. The molecule has 0 aromatic heterocycles. The third kappa shape index (κ3) is 10.2. The molecule has 44 heavy (non-hydrogen) atoms. The van der Waals surface area contributed by atoms with Crippen molar-refractivity contribution in [3.8, 4) is 0 Å². The van der Waals surface area contributed by atoms with Crippen molar-refractivity contribution >= 4 is 36.2 Å². The van der Waals surface area contributed by atoms with Crippen molar-refractivity contribution in [1.29, 1.82) is 0 Å². The molecule has 0 aliphatic heterocycles. The number of nitrogens with one attached hydrogen (secondary N) is 1. The highest BCUT2D eigenvalue weighted by molar-refractivity contribution is 6.58. The number of carbonyl (C=O) groups is 3. The maximum absolute atomic E-state index is 13.0. The molecule has 0 fully saturated rings. The lowest BCUT2D eigenvalue weighted by molar-refractivity contribution is -0.166. The molecule has 9 nitrogen and oxygen atoms in total. The molecule has 0 saturated heterocycles. The fourth-order valence-electron chi connectivity index (χ4n) is 4.67. The molecule has 0 aliphatic rings. The number of hydrogen-bond acceptors (Lipinski definition) is 9. The van der Waals surface area contributed by atoms with Crippen molar-refractivity contribution in [2.75, 3.05) is 18.5 Å². The Hall–Kier alpha value is -4.15. The lowest BCUT2D eigenvalue weighted by Crippen LogP contribution is -2.32. The third-order valence-electron chi connectivity index (χ3n) is 7.75. The molecule has 3 rings (SSSR count). The van der Waals surface area contributed by atoms with Gasteiger partial charge in [-0.1, -0.05) is 80.6 Å². The molecule has 0 spiro atoms. The Kier molecular flexibility index (Phi) is 13.0. The first-order valence-electron chi connectivity index (χ1n) is 14.9. The average molecular weight is 604 g/mol. The van der Waals surface area contributed by atoms with E-state index in [4.69, 9.17) is 14.2 Å². The van der Waals surface area contributed by atoms with E-state index < -0.39 is 30.4 Å². The summed E-state index contributed by atoms with van der Waals surface area (Å²) >= 11 is 0. The molecule has 0 heterocycles. The van der Waals surface area contributed by atoms with Gasteiger partial charge in [0.15, 0.2) is 5.92 Å². The van der Waals surface area contributed by atoms with E-state index in [9.17, 15) is 24.4 Å². The van der Waals surface area contributed by atoms with E-state index in [0.29, 0.717) is 24.8 Å². The highest BCUT2D eigenvalue weighted by Gasteiger charge is 2.35. The lowest BCUT2D eigenvalue weighted by atomic mass is 9.77. The highest BCUT2D eigenvalue weighted by atomic mass is 16.6. The van der Waals surface area contributed by atoms with Crippen LogP contribution in [0.4, 0.5) is 5.69 Å². The highest BCUT2D eigenvalue weighted by Crippen LogP contribution is 2.36. The molecule has 0 saturated carbocycles. The second kappa shape index (κ2) is 16.6. The maximum atomic E-state index is 13.0. The summed E-state index contributed by atoms with van der Waals surface area (Å²) in [6.07, 6.45) is 1.14. The molecule has 3 aromatic carbocycles. The minimum absolute atomic E-state index is 0.0673. The van der Waals surface area contributed by atoms with Crippen LogP contribution in [0.15, 0.2) is 78.9 Å². The third-order valence-corrected chi connectivity index (χ3v) is 7.75. The second-order valence-corrected chi connectivity index (χ2v) is 11.2. The van der Waals surface area contributed by atoms with Crippen molar-refractivity contribution in [2.24, 2.45) is 11.3 Å². The van der Waals surface area contributed by atoms with Gasteiger partial charge in [-0.25, -0.2) is 0 Å². The van der Waals surface area contributed by atoms with E-state index in [0.717, 1.165) is 22.4 Å². The summed E-state index contributed by atoms with van der Waals surface area (Å²) in [6, 6.07) is 24.3. The predicted octanol–water partition coefficient (Wildman–Crippen LogP) is 4.35. The van der Waals surface area contributed by atoms with Crippen molar-refractivity contribution < 1.29 is 38.6 Å². The zero-order chi connectivity index (χ0) is 32.1. The summed E-state index contributed by atoms with van der Waals surface area (Å²) in [4.78, 5) is 37.5. The standard InChI is InChI=1S/C34H42BNO8/c1-5-34(4,33(39)43-19-18-42-31(37)25(3)32(38)44-23-27-10-7-6-8-11-27)21-24(2)28-16-14-26(15-17-28)22-36-30-13-9-12-29(20-30)35(40)41/h6-17,20,24-25,36,40-41H,5,18-19,21-23H2,1-4H3. The monoisotopic (exact) mass is 603 g/mol. The normalized spacial score (nSPS) is 13.6. The minimum Gasteiger partial charge on any atom is -0.462 e. The van der Waals surface area contributed by atoms with Crippen molar-refractivity contribution in [3.63, 3.8) is 0 Å². The van der Waals surface area contributed by atoms with Gasteiger partial charge in [0.25, 0.3) is 0 Å². The first kappa shape index (κ1) is 34.3. The first-order valence-corrected chi connectivity index (χ1v) is 14.9. The van der Waals surface area contributed by atoms with E-state index in [1.54, 1.807) is 18.2 Å². The van der Waals surface area contributed by atoms with Crippen LogP contribution in [0.2, 0.25) is 0 Å². The molecule has 0 aliphatic carbocycles. The maximum Gasteiger partial charge on any atom is 0.488 e. The number of carbonyl (C=O) groups excluding carboxylic acids is 3. The van der Waals surface area contributed by atoms with Crippen LogP contribution >= 0.6 is 0 Å². The quantitative estimate of drug-likeness (QED) is 0.0719. The number of benzene rings is 3. The number of hydrogen-bond donors (Lipinski definition) is 3. The van der Waals surface area contributed by atoms with Crippen LogP contribution in [-0.2, 0) is 41.7 Å². The van der Waals surface area contributed by atoms with Gasteiger partial charge in [0.05, 0.1) is 5.41 Å². The largest absolute Gasteiger partial charge is 0.488 e. The van der Waals surface area contributed by atoms with E-state index >= 15 is 0 Å². The van der Waals surface area contributed by atoms with Gasteiger partial charge in [-0.05, 0) is 66.9 Å². The van der Waals surface area contributed by atoms with Crippen molar-refractivity contribution in [2.45, 2.75) is 59.6 Å². The summed E-state index contributed by atoms with van der Waals surface area (Å²) in [5, 5.41) is 22.0. The molecule has 0 bridgehead atoms. The minimum atomic E-state index is -1.52. The summed E-state index contributed by atoms with van der Waals surface area (Å²) in [6.45, 7) is 7.67. The smallest absolute Gasteiger partial charge is 0.462 e.